The van der Waals surface area contributed by atoms with Crippen LogP contribution in [0.4, 0.5) is 0 Å². The molecule has 0 spiro atoms. The Morgan fingerprint density at radius 3 is 2.70 bits per heavy atom. The van der Waals surface area contributed by atoms with Gasteiger partial charge in [0.05, 0.1) is 0 Å². The molecule has 6 heteroatoms. The van der Waals surface area contributed by atoms with Gasteiger partial charge in [-0.15, -0.1) is 0 Å². The number of likely N-dealkylation sites (N-methyl/N-ethyl adjacent to an activating group) is 1. The maximum atomic E-state index is 12.0. The number of piperazine rings is 1. The van der Waals surface area contributed by atoms with Gasteiger partial charge in [-0.05, 0) is 19.2 Å². The lowest BCUT2D eigenvalue weighted by atomic mass is 10.2. The van der Waals surface area contributed by atoms with Crippen molar-refractivity contribution in [2.45, 2.75) is 0 Å². The van der Waals surface area contributed by atoms with Crippen LogP contribution in [0.2, 0.25) is 0 Å². The Morgan fingerprint density at radius 2 is 2.05 bits per heavy atom. The Hall–Kier alpha value is -1.66. The summed E-state index contributed by atoms with van der Waals surface area (Å²) in [6.07, 6.45) is 0. The van der Waals surface area contributed by atoms with Gasteiger partial charge < -0.3 is 20.3 Å². The summed E-state index contributed by atoms with van der Waals surface area (Å²) in [6, 6.07) is 7.17. The highest BCUT2D eigenvalue weighted by Crippen LogP contribution is 2.13. The minimum Gasteiger partial charge on any atom is -0.484 e. The molecular weight excluding hydrogens is 274 g/mol. The van der Waals surface area contributed by atoms with Crippen LogP contribution >= 0.6 is 12.2 Å². The Bertz CT molecular complexity index is 499. The van der Waals surface area contributed by atoms with Crippen LogP contribution in [0.3, 0.4) is 0 Å². The molecule has 1 heterocycles. The number of ether oxygens (including phenoxy) is 1. The predicted molar refractivity (Wildman–Crippen MR) is 81.9 cm³/mol. The molecule has 0 atom stereocenters. The van der Waals surface area contributed by atoms with E-state index < -0.39 is 0 Å². The molecule has 1 amide bonds. The highest BCUT2D eigenvalue weighted by Gasteiger charge is 2.19. The quantitative estimate of drug-likeness (QED) is 0.818. The number of nitrogens with two attached hydrogens (primary N) is 1. The number of carbonyl (C=O) groups is 1. The van der Waals surface area contributed by atoms with Crippen LogP contribution in [0.15, 0.2) is 24.3 Å². The van der Waals surface area contributed by atoms with E-state index >= 15 is 0 Å². The summed E-state index contributed by atoms with van der Waals surface area (Å²) < 4.78 is 5.52. The molecule has 0 unspecified atom stereocenters. The van der Waals surface area contributed by atoms with Crippen LogP contribution in [0.5, 0.6) is 5.75 Å². The zero-order valence-electron chi connectivity index (χ0n) is 11.5. The van der Waals surface area contributed by atoms with Crippen molar-refractivity contribution in [1.29, 1.82) is 0 Å². The van der Waals surface area contributed by atoms with Crippen LogP contribution in [-0.2, 0) is 4.79 Å². The summed E-state index contributed by atoms with van der Waals surface area (Å²) in [5, 5.41) is 0. The van der Waals surface area contributed by atoms with E-state index in [1.807, 2.05) is 17.0 Å². The first kappa shape index (κ1) is 14.7. The first-order valence-electron chi connectivity index (χ1n) is 6.55. The summed E-state index contributed by atoms with van der Waals surface area (Å²) in [7, 11) is 2.06. The second-order valence-electron chi connectivity index (χ2n) is 4.86. The number of thiocarbonyl (C=S) groups is 1. The third-order valence-corrected chi connectivity index (χ3v) is 3.57. The molecule has 1 aromatic carbocycles. The van der Waals surface area contributed by atoms with Crippen LogP contribution in [-0.4, -0.2) is 60.5 Å². The van der Waals surface area contributed by atoms with E-state index in [1.165, 1.54) is 0 Å². The molecule has 1 aliphatic heterocycles. The number of carbonyl (C=O) groups excluding carboxylic acids is 1. The standard InChI is InChI=1S/C14H19N3O2S/c1-16-5-7-17(8-6-16)13(18)10-19-12-4-2-3-11(9-12)14(15)20/h2-4,9H,5-8,10H2,1H3,(H2,15,20). The van der Waals surface area contributed by atoms with Crippen molar-refractivity contribution < 1.29 is 9.53 Å². The van der Waals surface area contributed by atoms with Gasteiger partial charge in [0, 0.05) is 31.7 Å². The Balaban J connectivity index is 1.87. The molecular formula is C14H19N3O2S. The van der Waals surface area contributed by atoms with E-state index in [0.29, 0.717) is 10.7 Å². The topological polar surface area (TPSA) is 58.8 Å². The normalized spacial score (nSPS) is 15.9. The zero-order valence-corrected chi connectivity index (χ0v) is 12.4. The minimum absolute atomic E-state index is 0.0128. The minimum atomic E-state index is 0.0128. The van der Waals surface area contributed by atoms with Gasteiger partial charge in [0.25, 0.3) is 5.91 Å². The van der Waals surface area contributed by atoms with Gasteiger partial charge in [-0.25, -0.2) is 0 Å². The Kier molecular flexibility index (Phi) is 4.92. The van der Waals surface area contributed by atoms with Crippen molar-refractivity contribution in [3.63, 3.8) is 0 Å². The van der Waals surface area contributed by atoms with Crippen molar-refractivity contribution in [1.82, 2.24) is 9.80 Å². The largest absolute Gasteiger partial charge is 0.484 e. The first-order valence-corrected chi connectivity index (χ1v) is 6.96. The fraction of sp³-hybridized carbons (Fsp3) is 0.429. The van der Waals surface area contributed by atoms with Crippen LogP contribution in [0.25, 0.3) is 0 Å². The lowest BCUT2D eigenvalue weighted by Gasteiger charge is -2.32. The molecule has 0 bridgehead atoms. The van der Waals surface area contributed by atoms with Crippen molar-refractivity contribution >= 4 is 23.1 Å². The fourth-order valence-corrected chi connectivity index (χ4v) is 2.16. The predicted octanol–water partition coefficient (Wildman–Crippen LogP) is 0.474. The van der Waals surface area contributed by atoms with E-state index in [4.69, 9.17) is 22.7 Å². The number of amides is 1. The SMILES string of the molecule is CN1CCN(C(=O)COc2cccc(C(N)=S)c2)CC1. The van der Waals surface area contributed by atoms with Crippen LogP contribution in [0, 0.1) is 0 Å². The van der Waals surface area contributed by atoms with Gasteiger partial charge in [-0.1, -0.05) is 24.4 Å². The maximum Gasteiger partial charge on any atom is 0.260 e. The highest BCUT2D eigenvalue weighted by molar-refractivity contribution is 7.80. The van der Waals surface area contributed by atoms with E-state index in [-0.39, 0.29) is 12.5 Å². The van der Waals surface area contributed by atoms with E-state index in [9.17, 15) is 4.79 Å². The smallest absolute Gasteiger partial charge is 0.260 e. The van der Waals surface area contributed by atoms with Crippen LogP contribution < -0.4 is 10.5 Å². The average Bonchev–Trinajstić information content (AvgIpc) is 2.46. The molecule has 0 saturated carbocycles. The van der Waals surface area contributed by atoms with Crippen molar-refractivity contribution in [2.75, 3.05) is 39.8 Å². The summed E-state index contributed by atoms with van der Waals surface area (Å²) in [5.74, 6) is 0.622. The lowest BCUT2D eigenvalue weighted by molar-refractivity contribution is -0.134. The molecule has 108 valence electrons. The monoisotopic (exact) mass is 293 g/mol. The zero-order chi connectivity index (χ0) is 14.5. The van der Waals surface area contributed by atoms with Gasteiger partial charge in [-0.3, -0.25) is 4.79 Å². The molecule has 0 radical (unpaired) electrons. The average molecular weight is 293 g/mol. The van der Waals surface area contributed by atoms with Gasteiger partial charge in [-0.2, -0.15) is 0 Å². The molecule has 2 rings (SSSR count). The molecule has 1 aliphatic rings. The van der Waals surface area contributed by atoms with E-state index in [1.54, 1.807) is 12.1 Å². The Labute approximate surface area is 124 Å². The molecule has 2 N–H and O–H groups in total. The van der Waals surface area contributed by atoms with Gasteiger partial charge in [0.1, 0.15) is 10.7 Å². The van der Waals surface area contributed by atoms with E-state index in [2.05, 4.69) is 11.9 Å². The summed E-state index contributed by atoms with van der Waals surface area (Å²) >= 11 is 4.91. The first-order chi connectivity index (χ1) is 9.56. The second kappa shape index (κ2) is 6.67. The molecule has 0 aliphatic carbocycles. The molecule has 1 saturated heterocycles. The fourth-order valence-electron chi connectivity index (χ4n) is 2.03. The number of benzene rings is 1. The Morgan fingerprint density at radius 1 is 1.35 bits per heavy atom. The summed E-state index contributed by atoms with van der Waals surface area (Å²) in [5.41, 5.74) is 6.30. The van der Waals surface area contributed by atoms with Crippen molar-refractivity contribution in [3.05, 3.63) is 29.8 Å². The van der Waals surface area contributed by atoms with E-state index in [0.717, 1.165) is 31.7 Å². The highest BCUT2D eigenvalue weighted by atomic mass is 32.1. The van der Waals surface area contributed by atoms with Gasteiger partial charge in [0.2, 0.25) is 0 Å². The second-order valence-corrected chi connectivity index (χ2v) is 5.30. The summed E-state index contributed by atoms with van der Waals surface area (Å²) in [6.45, 7) is 3.37. The molecule has 1 aromatic rings. The van der Waals surface area contributed by atoms with Crippen molar-refractivity contribution in [3.8, 4) is 5.75 Å². The van der Waals surface area contributed by atoms with Gasteiger partial charge in [0.15, 0.2) is 6.61 Å². The molecule has 1 fully saturated rings. The maximum absolute atomic E-state index is 12.0. The number of nitrogens with zero attached hydrogens (tertiary/aromatic N) is 2. The van der Waals surface area contributed by atoms with Gasteiger partial charge >= 0.3 is 0 Å². The number of hydrogen-bond donors (Lipinski definition) is 1. The van der Waals surface area contributed by atoms with Crippen LogP contribution in [0.1, 0.15) is 5.56 Å². The summed E-state index contributed by atoms with van der Waals surface area (Å²) in [4.78, 5) is 16.4. The molecule has 0 aromatic heterocycles. The molecule has 5 nitrogen and oxygen atoms in total. The number of hydrogen-bond acceptors (Lipinski definition) is 4. The number of rotatable bonds is 4. The third-order valence-electron chi connectivity index (χ3n) is 3.34. The third kappa shape index (κ3) is 3.91. The van der Waals surface area contributed by atoms with Crippen molar-refractivity contribution in [2.24, 2.45) is 5.73 Å². The molecule has 20 heavy (non-hydrogen) atoms. The lowest BCUT2D eigenvalue weighted by Crippen LogP contribution is -2.48.